The first-order valence-corrected chi connectivity index (χ1v) is 32.2. The van der Waals surface area contributed by atoms with Crippen LogP contribution in [0.15, 0.2) is 65.5 Å². The minimum atomic E-state index is -0.141. The Hall–Kier alpha value is -7.60. The molecule has 0 spiro atoms. The standard InChI is InChI=1S/C13H20O.C12H18O2.2C12H18O.2C11H16O2.C10H16N2O/c1-8-7-11(14)9(2)10(3)12(8)13(4,5)6;1-7-8(2)11(12(3,4)5)10(14)6-9(7)13;1-8-7-11(13)9(2)6-10(8)12(3,4)5;1-8-6-10(13)7-9(2)11(8)12(3,4)5;1-7-5-8(11(2,3)4)10(13)6-9(7)12;1-7-5-8(12)6-9(13)10(7)11(2,3)4;1-6-8(10(3,4)5)9(13)12-7(2)11-6/h7,14H,1-6H3;6,13-14H,1-5H3;2*6-7,13H,1-5H3;2*5-6,12-13H,1-4H3;1-5H3,(H,11,12,13). The van der Waals surface area contributed by atoms with Gasteiger partial charge in [-0.1, -0.05) is 151 Å². The second-order valence-electron chi connectivity index (χ2n) is 32.5. The van der Waals surface area contributed by atoms with E-state index in [4.69, 9.17) is 0 Å². The maximum absolute atomic E-state index is 11.6. The molecule has 6 aromatic carbocycles. The molecule has 0 aliphatic carbocycles. The van der Waals surface area contributed by atoms with E-state index in [1.54, 1.807) is 13.0 Å². The number of benzene rings is 6. The SMILES string of the molecule is Cc1c(O)cc(O)c(C(C)(C)C)c1C.Cc1cc(C(C)(C)C)c(C)cc1O.Cc1cc(C(C)(C)C)c(O)cc1O.Cc1cc(O)c(C)c(C)c1C(C)(C)C.Cc1cc(O)cc(C)c1C(C)(C)C.Cc1cc(O)cc(O)c1C(C)(C)C.Cc1nc(C)c(C(C)(C)C)c(=O)[nH]1. The van der Waals surface area contributed by atoms with Crippen molar-refractivity contribution < 1.29 is 46.0 Å². The van der Waals surface area contributed by atoms with E-state index in [0.717, 1.165) is 66.9 Å². The van der Waals surface area contributed by atoms with Crippen LogP contribution in [-0.4, -0.2) is 55.9 Å². The quantitative estimate of drug-likeness (QED) is 0.0687. The molecule has 0 aliphatic heterocycles. The van der Waals surface area contributed by atoms with Crippen molar-refractivity contribution in [1.29, 1.82) is 0 Å². The molecule has 12 nitrogen and oxygen atoms in total. The highest BCUT2D eigenvalue weighted by molar-refractivity contribution is 5.54. The molecule has 93 heavy (non-hydrogen) atoms. The smallest absolute Gasteiger partial charge is 0.254 e. The summed E-state index contributed by atoms with van der Waals surface area (Å²) < 4.78 is 0. The van der Waals surface area contributed by atoms with E-state index >= 15 is 0 Å². The summed E-state index contributed by atoms with van der Waals surface area (Å²) in [5.74, 6) is 2.78. The predicted molar refractivity (Wildman–Crippen MR) is 391 cm³/mol. The number of aromatic hydroxyl groups is 9. The second-order valence-corrected chi connectivity index (χ2v) is 32.5. The van der Waals surface area contributed by atoms with Gasteiger partial charge in [-0.3, -0.25) is 4.79 Å². The van der Waals surface area contributed by atoms with Crippen molar-refractivity contribution >= 4 is 0 Å². The Kier molecular flexibility index (Phi) is 28.3. The van der Waals surface area contributed by atoms with E-state index in [2.05, 4.69) is 92.2 Å². The van der Waals surface area contributed by atoms with Gasteiger partial charge in [0.05, 0.1) is 0 Å². The molecule has 10 N–H and O–H groups in total. The van der Waals surface area contributed by atoms with Crippen LogP contribution in [0, 0.1) is 90.0 Å². The van der Waals surface area contributed by atoms with E-state index in [1.807, 2.05) is 183 Å². The monoisotopic (exact) mass is 1280 g/mol. The van der Waals surface area contributed by atoms with Gasteiger partial charge < -0.3 is 50.9 Å². The number of rotatable bonds is 0. The zero-order valence-electron chi connectivity index (χ0n) is 63.7. The Morgan fingerprint density at radius 2 is 0.581 bits per heavy atom. The van der Waals surface area contributed by atoms with E-state index in [-0.39, 0.29) is 78.0 Å². The van der Waals surface area contributed by atoms with E-state index in [1.165, 1.54) is 57.1 Å². The molecule has 1 aromatic heterocycles. The first kappa shape index (κ1) is 83.4. The van der Waals surface area contributed by atoms with Gasteiger partial charge in [0.15, 0.2) is 0 Å². The summed E-state index contributed by atoms with van der Waals surface area (Å²) in [5, 5.41) is 85.6. The Labute approximate surface area is 561 Å². The topological polar surface area (TPSA) is 228 Å². The highest BCUT2D eigenvalue weighted by Crippen LogP contribution is 2.41. The maximum Gasteiger partial charge on any atom is 0.254 e. The van der Waals surface area contributed by atoms with Gasteiger partial charge in [0.2, 0.25) is 0 Å². The summed E-state index contributed by atoms with van der Waals surface area (Å²) >= 11 is 0. The normalized spacial score (nSPS) is 11.8. The number of hydrogen-bond donors (Lipinski definition) is 10. The number of nitrogens with one attached hydrogen (secondary N) is 1. The first-order chi connectivity index (χ1) is 41.6. The number of aromatic amines is 1. The Balaban J connectivity index is 0.000000543. The third-order valence-electron chi connectivity index (χ3n) is 16.2. The molecule has 0 aliphatic rings. The number of aromatic nitrogens is 2. The number of H-pyrrole nitrogens is 1. The van der Waals surface area contributed by atoms with E-state index in [0.29, 0.717) is 23.1 Å². The van der Waals surface area contributed by atoms with Gasteiger partial charge in [0.1, 0.15) is 57.6 Å². The van der Waals surface area contributed by atoms with Crippen LogP contribution >= 0.6 is 0 Å². The number of hydrogen-bond acceptors (Lipinski definition) is 11. The Morgan fingerprint density at radius 3 is 0.957 bits per heavy atom. The van der Waals surface area contributed by atoms with Gasteiger partial charge in [0.25, 0.3) is 5.56 Å². The summed E-state index contributed by atoms with van der Waals surface area (Å²) in [6.45, 7) is 69.5. The van der Waals surface area contributed by atoms with Crippen LogP contribution in [0.3, 0.4) is 0 Å². The lowest BCUT2D eigenvalue weighted by Crippen LogP contribution is -2.27. The number of nitrogens with zero attached hydrogens (tertiary/aromatic N) is 1. The summed E-state index contributed by atoms with van der Waals surface area (Å²) in [6.07, 6.45) is 0. The van der Waals surface area contributed by atoms with Crippen LogP contribution in [0.5, 0.6) is 51.7 Å². The van der Waals surface area contributed by atoms with Gasteiger partial charge in [-0.2, -0.15) is 0 Å². The van der Waals surface area contributed by atoms with Crippen molar-refractivity contribution in [2.75, 3.05) is 0 Å². The third kappa shape index (κ3) is 24.0. The fraction of sp³-hybridized carbons (Fsp3) is 0.506. The third-order valence-corrected chi connectivity index (χ3v) is 16.2. The van der Waals surface area contributed by atoms with E-state index < -0.39 is 0 Å². The van der Waals surface area contributed by atoms with Crippen molar-refractivity contribution in [2.24, 2.45) is 0 Å². The van der Waals surface area contributed by atoms with Crippen molar-refractivity contribution in [3.63, 3.8) is 0 Å². The molecule has 0 fully saturated rings. The minimum Gasteiger partial charge on any atom is -0.508 e. The highest BCUT2D eigenvalue weighted by Gasteiger charge is 2.26. The molecule has 0 saturated carbocycles. The molecule has 1 heterocycles. The van der Waals surface area contributed by atoms with Gasteiger partial charge in [-0.15, -0.1) is 0 Å². The fourth-order valence-electron chi connectivity index (χ4n) is 12.4. The zero-order valence-corrected chi connectivity index (χ0v) is 63.7. The number of aryl methyl sites for hydroxylation is 9. The molecule has 0 radical (unpaired) electrons. The number of phenols is 9. The summed E-state index contributed by atoms with van der Waals surface area (Å²) in [6, 6.07) is 17.1. The largest absolute Gasteiger partial charge is 0.508 e. The molecule has 0 bridgehead atoms. The van der Waals surface area contributed by atoms with Gasteiger partial charge in [-0.05, 0) is 248 Å². The van der Waals surface area contributed by atoms with Crippen LogP contribution in [-0.2, 0) is 37.9 Å². The van der Waals surface area contributed by atoms with E-state index in [9.17, 15) is 50.8 Å². The molecule has 12 heteroatoms. The lowest BCUT2D eigenvalue weighted by atomic mass is 9.80. The zero-order chi connectivity index (χ0) is 73.3. The molecular formula is C81H122N2O10. The second kappa shape index (κ2) is 31.6. The van der Waals surface area contributed by atoms with Crippen molar-refractivity contribution in [2.45, 2.75) is 273 Å². The number of phenolic OH excluding ortho intramolecular Hbond substituents is 9. The molecule has 7 rings (SSSR count). The predicted octanol–water partition coefficient (Wildman–Crippen LogP) is 20.3. The van der Waals surface area contributed by atoms with Crippen LogP contribution < -0.4 is 5.56 Å². The van der Waals surface area contributed by atoms with Crippen LogP contribution in [0.4, 0.5) is 0 Å². The van der Waals surface area contributed by atoms with Gasteiger partial charge in [0, 0.05) is 40.6 Å². The summed E-state index contributed by atoms with van der Waals surface area (Å²) in [4.78, 5) is 18.6. The maximum atomic E-state index is 11.6. The van der Waals surface area contributed by atoms with Crippen molar-refractivity contribution in [1.82, 2.24) is 9.97 Å². The van der Waals surface area contributed by atoms with Crippen molar-refractivity contribution in [3.05, 3.63) is 183 Å². The Bertz CT molecular complexity index is 3500. The average Bonchev–Trinajstić information content (AvgIpc) is 0.872. The average molecular weight is 1280 g/mol. The lowest BCUT2D eigenvalue weighted by molar-refractivity contribution is 0.427. The van der Waals surface area contributed by atoms with Crippen molar-refractivity contribution in [3.8, 4) is 51.7 Å². The minimum absolute atomic E-state index is 0.0162. The van der Waals surface area contributed by atoms with Crippen LogP contribution in [0.2, 0.25) is 0 Å². The fourth-order valence-corrected chi connectivity index (χ4v) is 12.4. The van der Waals surface area contributed by atoms with Crippen LogP contribution in [0.1, 0.15) is 257 Å². The molecule has 0 unspecified atom stereocenters. The van der Waals surface area contributed by atoms with Gasteiger partial charge in [-0.25, -0.2) is 4.98 Å². The molecule has 7 aromatic rings. The van der Waals surface area contributed by atoms with Crippen LogP contribution in [0.25, 0.3) is 0 Å². The lowest BCUT2D eigenvalue weighted by Gasteiger charge is -2.25. The molecular weight excluding hydrogens is 1160 g/mol. The highest BCUT2D eigenvalue weighted by atomic mass is 16.3. The molecule has 0 saturated heterocycles. The summed E-state index contributed by atoms with van der Waals surface area (Å²) in [7, 11) is 0. The molecule has 0 amide bonds. The molecule has 0 atom stereocenters. The molecule has 516 valence electrons. The first-order valence-electron chi connectivity index (χ1n) is 32.2. The summed E-state index contributed by atoms with van der Waals surface area (Å²) in [5.41, 5.74) is 19.7. The van der Waals surface area contributed by atoms with Gasteiger partial charge >= 0.3 is 0 Å². The Morgan fingerprint density at radius 1 is 0.269 bits per heavy atom.